The van der Waals surface area contributed by atoms with Gasteiger partial charge in [-0.2, -0.15) is 13.2 Å². The maximum atomic E-state index is 14.0. The van der Waals surface area contributed by atoms with E-state index >= 15 is 0 Å². The van der Waals surface area contributed by atoms with Crippen molar-refractivity contribution in [1.29, 1.82) is 0 Å². The van der Waals surface area contributed by atoms with Gasteiger partial charge in [0, 0.05) is 40.7 Å². The lowest BCUT2D eigenvalue weighted by molar-refractivity contribution is -0.304. The molecule has 0 amide bonds. The number of hydrogen-bond acceptors (Lipinski definition) is 13. The number of aliphatic hydroxyl groups excluding tert-OH is 3. The lowest BCUT2D eigenvalue weighted by atomic mass is 9.79. The molecule has 3 N–H and O–H groups in total. The molecule has 4 heterocycles. The van der Waals surface area contributed by atoms with E-state index in [1.165, 1.54) is 12.1 Å². The molecule has 2 aromatic heterocycles. The van der Waals surface area contributed by atoms with Gasteiger partial charge < -0.3 is 34.4 Å². The Bertz CT molecular complexity index is 2380. The number of alkyl halides is 4. The van der Waals surface area contributed by atoms with Crippen LogP contribution in [-0.4, -0.2) is 131 Å². The number of halogens is 4. The number of pyridine rings is 1. The third kappa shape index (κ3) is 14.3. The van der Waals surface area contributed by atoms with Crippen molar-refractivity contribution in [2.45, 2.75) is 129 Å². The highest BCUT2D eigenvalue weighted by Gasteiger charge is 2.47. The first kappa shape index (κ1) is 54.2. The van der Waals surface area contributed by atoms with Crippen molar-refractivity contribution >= 4 is 45.2 Å². The predicted octanol–water partition coefficient (Wildman–Crippen LogP) is 7.50. The summed E-state index contributed by atoms with van der Waals surface area (Å²) in [4.78, 5) is 36.0. The van der Waals surface area contributed by atoms with Gasteiger partial charge in [0.25, 0.3) is 0 Å². The molecule has 376 valence electrons. The highest BCUT2D eigenvalue weighted by molar-refractivity contribution is 14.1. The third-order valence-corrected chi connectivity index (χ3v) is 14.4. The number of allylic oxidation sites excluding steroid dienone is 3. The van der Waals surface area contributed by atoms with Gasteiger partial charge in [-0.1, -0.05) is 96.6 Å². The molecule has 18 heteroatoms. The van der Waals surface area contributed by atoms with Crippen LogP contribution in [0, 0.1) is 23.7 Å². The molecular weight excluding hydrogens is 1010 g/mol. The number of carbonyl (C=O) groups excluding carboxylic acids is 2. The number of aliphatic hydroxyl groups is 3. The van der Waals surface area contributed by atoms with Crippen LogP contribution in [0.15, 0.2) is 90.8 Å². The highest BCUT2D eigenvalue weighted by atomic mass is 127. The maximum Gasteiger partial charge on any atom is 0.416 e. The number of fused-ring (bicyclic) bond motifs is 1. The van der Waals surface area contributed by atoms with Crippen LogP contribution >= 0.6 is 22.6 Å². The molecule has 2 aromatic carbocycles. The van der Waals surface area contributed by atoms with Crippen molar-refractivity contribution < 1.29 is 52.3 Å². The van der Waals surface area contributed by atoms with E-state index < -0.39 is 84.4 Å². The Kier molecular flexibility index (Phi) is 19.1. The fourth-order valence-electron chi connectivity index (χ4n) is 9.36. The average molecular weight is 1080 g/mol. The summed E-state index contributed by atoms with van der Waals surface area (Å²) < 4.78 is 62.3. The Morgan fingerprint density at radius 1 is 0.986 bits per heavy atom. The maximum absolute atomic E-state index is 14.0. The first-order chi connectivity index (χ1) is 32.8. The lowest BCUT2D eigenvalue weighted by Gasteiger charge is -2.46. The summed E-state index contributed by atoms with van der Waals surface area (Å²) in [5.41, 5.74) is 2.73. The van der Waals surface area contributed by atoms with Crippen LogP contribution in [0.5, 0.6) is 0 Å². The molecular formula is C51H66F3IN6O8. The van der Waals surface area contributed by atoms with E-state index in [1.807, 2.05) is 62.1 Å². The first-order valence-electron chi connectivity index (χ1n) is 23.6. The number of aromatic nitrogens is 4. The second kappa shape index (κ2) is 24.3. The number of esters is 1. The number of para-hydroxylation sites is 1. The van der Waals surface area contributed by atoms with E-state index in [0.717, 1.165) is 28.6 Å². The molecule has 14 nitrogen and oxygen atoms in total. The van der Waals surface area contributed by atoms with E-state index in [1.54, 1.807) is 62.1 Å². The van der Waals surface area contributed by atoms with Gasteiger partial charge in [-0.3, -0.25) is 19.5 Å². The highest BCUT2D eigenvalue weighted by Crippen LogP contribution is 2.36. The SMILES string of the molecule is CC[C@H]1OC(=O)C[C@@H](O)[C@H](C)[C@@H](O[C@@H]2O[C@H](C)[C@@H](O)[C@H](N(C)C)[C@H]2O)[C@@H](CCN(Cc2ccc(C(F)(F)F)cc2)Cc2cn(-c3cnc4ccccc4c3)nn2)C[C@@H](C)C(=O)/C=C/C(C)=C/[C@@H]1CI. The van der Waals surface area contributed by atoms with Gasteiger partial charge in [-0.25, -0.2) is 4.68 Å². The van der Waals surface area contributed by atoms with Gasteiger partial charge in [-0.05, 0) is 95.6 Å². The minimum absolute atomic E-state index is 0.141. The molecule has 0 spiro atoms. The monoisotopic (exact) mass is 1070 g/mol. The molecule has 6 rings (SSSR count). The van der Waals surface area contributed by atoms with Crippen molar-refractivity contribution in [2.75, 3.05) is 25.1 Å². The van der Waals surface area contributed by atoms with Gasteiger partial charge in [0.05, 0.1) is 71.7 Å². The van der Waals surface area contributed by atoms with Crippen LogP contribution in [0.1, 0.15) is 77.1 Å². The molecule has 2 aliphatic rings. The second-order valence-electron chi connectivity index (χ2n) is 18.9. The van der Waals surface area contributed by atoms with E-state index in [0.29, 0.717) is 40.8 Å². The summed E-state index contributed by atoms with van der Waals surface area (Å²) in [5.74, 6) is -2.79. The fraction of sp³-hybridized carbons (Fsp3) is 0.549. The van der Waals surface area contributed by atoms with E-state index in [9.17, 15) is 38.1 Å². The van der Waals surface area contributed by atoms with Crippen molar-refractivity contribution in [3.05, 3.63) is 108 Å². The molecule has 0 bridgehead atoms. The number of nitrogens with zero attached hydrogens (tertiary/aromatic N) is 6. The molecule has 0 aliphatic carbocycles. The molecule has 69 heavy (non-hydrogen) atoms. The van der Waals surface area contributed by atoms with Crippen molar-refractivity contribution in [3.63, 3.8) is 0 Å². The smallest absolute Gasteiger partial charge is 0.416 e. The zero-order valence-corrected chi connectivity index (χ0v) is 42.4. The predicted molar refractivity (Wildman–Crippen MR) is 263 cm³/mol. The van der Waals surface area contributed by atoms with E-state index in [2.05, 4.69) is 37.9 Å². The van der Waals surface area contributed by atoms with Crippen molar-refractivity contribution in [2.24, 2.45) is 23.7 Å². The van der Waals surface area contributed by atoms with Crippen LogP contribution in [0.25, 0.3) is 16.6 Å². The van der Waals surface area contributed by atoms with Crippen molar-refractivity contribution in [3.8, 4) is 5.69 Å². The van der Waals surface area contributed by atoms with E-state index in [-0.39, 0.29) is 37.6 Å². The molecule has 4 aromatic rings. The van der Waals surface area contributed by atoms with E-state index in [4.69, 9.17) is 14.2 Å². The van der Waals surface area contributed by atoms with Gasteiger partial charge in [0.2, 0.25) is 0 Å². The molecule has 1 saturated heterocycles. The second-order valence-corrected chi connectivity index (χ2v) is 19.8. The molecule has 0 saturated carbocycles. The van der Waals surface area contributed by atoms with Crippen LogP contribution < -0.4 is 0 Å². The number of carbonyl (C=O) groups is 2. The number of rotatable bonds is 13. The number of ketones is 1. The quantitative estimate of drug-likeness (QED) is 0.0684. The zero-order chi connectivity index (χ0) is 50.2. The lowest BCUT2D eigenvalue weighted by Crippen LogP contribution is -2.63. The van der Waals surface area contributed by atoms with Gasteiger partial charge in [-0.15, -0.1) is 5.10 Å². The van der Waals surface area contributed by atoms with Gasteiger partial charge in [0.1, 0.15) is 12.2 Å². The number of hydrogen-bond donors (Lipinski definition) is 3. The third-order valence-electron chi connectivity index (χ3n) is 13.4. The zero-order valence-electron chi connectivity index (χ0n) is 40.2. The number of cyclic esters (lactones) is 1. The molecule has 1 fully saturated rings. The fourth-order valence-corrected chi connectivity index (χ4v) is 10.2. The number of benzene rings is 2. The van der Waals surface area contributed by atoms with Gasteiger partial charge in [0.15, 0.2) is 12.1 Å². The van der Waals surface area contributed by atoms with Crippen molar-refractivity contribution in [1.82, 2.24) is 29.8 Å². The summed E-state index contributed by atoms with van der Waals surface area (Å²) in [7, 11) is 3.46. The standard InChI is InChI=1S/C51H66F3IN6O8/c1-8-44-37(25-55)21-30(2)13-18-42(62)31(3)22-36(49(32(4)43(63)24-45(64)68-44)69-50-48(66)46(59(6)7)47(65)33(5)67-50)19-20-60(27-34-14-16-38(17-15-34)51(52,53)54)28-39-29-61(58-57-39)40-23-35-11-9-10-12-41(35)56-26-40/h9-18,21,23,26,29,31-33,36-37,43-44,46-50,63,65-66H,8,19-20,22,24-25,27-28H2,1-7H3/b18-13+,30-21+/t31-,32+,33-,36+,37-,43-,44-,46+,47-,48-,49-,50+/m1/s1. The Morgan fingerprint density at radius 2 is 1.71 bits per heavy atom. The minimum atomic E-state index is -4.52. The first-order valence-corrected chi connectivity index (χ1v) is 25.1. The summed E-state index contributed by atoms with van der Waals surface area (Å²) in [6, 6.07) is 13.8. The Morgan fingerprint density at radius 3 is 2.39 bits per heavy atom. The van der Waals surface area contributed by atoms with Crippen LogP contribution in [-0.2, 0) is 43.1 Å². The van der Waals surface area contributed by atoms with Crippen LogP contribution in [0.4, 0.5) is 13.2 Å². The normalized spacial score (nSPS) is 30.3. The summed E-state index contributed by atoms with van der Waals surface area (Å²) >= 11 is 2.25. The topological polar surface area (TPSA) is 173 Å². The largest absolute Gasteiger partial charge is 0.462 e. The summed E-state index contributed by atoms with van der Waals surface area (Å²) in [6.45, 7) is 9.77. The van der Waals surface area contributed by atoms with Crippen LogP contribution in [0.2, 0.25) is 0 Å². The minimum Gasteiger partial charge on any atom is -0.462 e. The molecule has 0 unspecified atom stereocenters. The molecule has 2 aliphatic heterocycles. The van der Waals surface area contributed by atoms with Gasteiger partial charge >= 0.3 is 12.1 Å². The number of ether oxygens (including phenoxy) is 3. The molecule has 0 radical (unpaired) electrons. The Hall–Kier alpha value is -4.15. The average Bonchev–Trinajstić information content (AvgIpc) is 3.78. The summed E-state index contributed by atoms with van der Waals surface area (Å²) in [6.07, 6.45) is -2.21. The Labute approximate surface area is 416 Å². The van der Waals surface area contributed by atoms with Crippen LogP contribution in [0.3, 0.4) is 0 Å². The number of likely N-dealkylation sites (N-methyl/N-ethyl adjacent to an activating group) is 1. The molecule has 12 atom stereocenters. The summed E-state index contributed by atoms with van der Waals surface area (Å²) in [5, 5.41) is 44.6. The Balaban J connectivity index is 1.38.